The smallest absolute Gasteiger partial charge is 0.338 e. The Morgan fingerprint density at radius 1 is 0.441 bits per heavy atom. The van der Waals surface area contributed by atoms with Crippen LogP contribution in [0.3, 0.4) is 0 Å². The summed E-state index contributed by atoms with van der Waals surface area (Å²) in [7, 11) is 0. The third-order valence-corrected chi connectivity index (χ3v) is 8.37. The summed E-state index contributed by atoms with van der Waals surface area (Å²) in [5, 5.41) is 3.32. The SMILES string of the molecule is CCCCNc1ccc(C(=O)OCCOCCOCCOCCOCCOCCOCCOCCOCCOCCOCCOCCOC(=O)C(CC)CCCC)cc1. The van der Waals surface area contributed by atoms with Crippen molar-refractivity contribution in [2.45, 2.75) is 59.3 Å². The van der Waals surface area contributed by atoms with Crippen LogP contribution in [0.5, 0.6) is 0 Å². The average molecular weight is 848 g/mol. The number of carbonyl (C=O) groups excluding carboxylic acids is 2. The van der Waals surface area contributed by atoms with Crippen molar-refractivity contribution >= 4 is 17.6 Å². The van der Waals surface area contributed by atoms with Gasteiger partial charge in [-0.2, -0.15) is 0 Å². The number of ether oxygens (including phenoxy) is 13. The lowest BCUT2D eigenvalue weighted by molar-refractivity contribution is -0.150. The van der Waals surface area contributed by atoms with Crippen LogP contribution >= 0.6 is 0 Å². The Morgan fingerprint density at radius 2 is 0.763 bits per heavy atom. The molecule has 0 saturated carbocycles. The normalized spacial score (nSPS) is 11.8. The molecule has 0 fully saturated rings. The highest BCUT2D eigenvalue weighted by atomic mass is 16.6. The molecule has 0 aliphatic rings. The number of carbonyl (C=O) groups is 2. The van der Waals surface area contributed by atoms with Crippen molar-refractivity contribution in [3.63, 3.8) is 0 Å². The van der Waals surface area contributed by atoms with Gasteiger partial charge in [0.1, 0.15) is 13.2 Å². The lowest BCUT2D eigenvalue weighted by atomic mass is 10.00. The Balaban J connectivity index is 1.69. The van der Waals surface area contributed by atoms with E-state index in [0.717, 1.165) is 50.8 Å². The van der Waals surface area contributed by atoms with Gasteiger partial charge in [-0.25, -0.2) is 4.79 Å². The maximum atomic E-state index is 12.1. The molecule has 0 spiro atoms. The molecule has 59 heavy (non-hydrogen) atoms. The zero-order valence-corrected chi connectivity index (χ0v) is 36.4. The average Bonchev–Trinajstić information content (AvgIpc) is 3.25. The molecular weight excluding hydrogens is 770 g/mol. The van der Waals surface area contributed by atoms with Crippen LogP contribution in [0.2, 0.25) is 0 Å². The fraction of sp³-hybridized carbons (Fsp3) is 0.814. The first-order chi connectivity index (χ1) is 29.1. The molecule has 0 heterocycles. The van der Waals surface area contributed by atoms with Crippen molar-refractivity contribution in [2.75, 3.05) is 170 Å². The fourth-order valence-corrected chi connectivity index (χ4v) is 4.97. The molecule has 16 nitrogen and oxygen atoms in total. The molecule has 1 aromatic carbocycles. The predicted molar refractivity (Wildman–Crippen MR) is 223 cm³/mol. The highest BCUT2D eigenvalue weighted by Crippen LogP contribution is 2.14. The van der Waals surface area contributed by atoms with E-state index in [1.807, 2.05) is 19.1 Å². The zero-order chi connectivity index (χ0) is 42.5. The Kier molecular flexibility index (Phi) is 40.3. The first-order valence-corrected chi connectivity index (χ1v) is 21.6. The largest absolute Gasteiger partial charge is 0.463 e. The van der Waals surface area contributed by atoms with Crippen molar-refractivity contribution < 1.29 is 71.2 Å². The summed E-state index contributed by atoms with van der Waals surface area (Å²) < 4.78 is 70.9. The van der Waals surface area contributed by atoms with Gasteiger partial charge in [0.25, 0.3) is 0 Å². The second kappa shape index (κ2) is 43.6. The Bertz CT molecular complexity index is 1050. The maximum absolute atomic E-state index is 12.1. The molecule has 1 aromatic rings. The Morgan fingerprint density at radius 3 is 1.08 bits per heavy atom. The number of esters is 2. The van der Waals surface area contributed by atoms with Gasteiger partial charge >= 0.3 is 11.9 Å². The minimum absolute atomic E-state index is 0.00984. The van der Waals surface area contributed by atoms with Crippen LogP contribution in [0.15, 0.2) is 24.3 Å². The van der Waals surface area contributed by atoms with Gasteiger partial charge in [0, 0.05) is 12.2 Å². The van der Waals surface area contributed by atoms with Crippen molar-refractivity contribution in [1.29, 1.82) is 0 Å². The topological polar surface area (TPSA) is 166 Å². The molecule has 0 saturated heterocycles. The molecule has 344 valence electrons. The highest BCUT2D eigenvalue weighted by molar-refractivity contribution is 5.89. The van der Waals surface area contributed by atoms with Crippen LogP contribution in [0, 0.1) is 5.92 Å². The van der Waals surface area contributed by atoms with Crippen LogP contribution < -0.4 is 5.32 Å². The van der Waals surface area contributed by atoms with Crippen LogP contribution in [0.4, 0.5) is 5.69 Å². The zero-order valence-electron chi connectivity index (χ0n) is 36.4. The van der Waals surface area contributed by atoms with Gasteiger partial charge in [-0.15, -0.1) is 0 Å². The first kappa shape index (κ1) is 54.5. The Hall–Kier alpha value is -2.48. The molecule has 0 aliphatic heterocycles. The van der Waals surface area contributed by atoms with Crippen LogP contribution in [0.25, 0.3) is 0 Å². The molecule has 0 radical (unpaired) electrons. The quantitative estimate of drug-likeness (QED) is 0.0688. The molecular formula is C43H77NO15. The molecule has 0 aromatic heterocycles. The summed E-state index contributed by atoms with van der Waals surface area (Å²) in [5.41, 5.74) is 1.51. The number of nitrogens with one attached hydrogen (secondary N) is 1. The van der Waals surface area contributed by atoms with E-state index in [9.17, 15) is 9.59 Å². The van der Waals surface area contributed by atoms with E-state index in [1.54, 1.807) is 12.1 Å². The second-order valence-electron chi connectivity index (χ2n) is 13.1. The Labute approximate surface area is 353 Å². The molecule has 1 unspecified atom stereocenters. The number of rotatable bonds is 46. The minimum atomic E-state index is -0.365. The number of anilines is 1. The van der Waals surface area contributed by atoms with Gasteiger partial charge in [-0.3, -0.25) is 4.79 Å². The highest BCUT2D eigenvalue weighted by Gasteiger charge is 2.17. The minimum Gasteiger partial charge on any atom is -0.463 e. The van der Waals surface area contributed by atoms with Crippen molar-refractivity contribution in [1.82, 2.24) is 0 Å². The van der Waals surface area contributed by atoms with Gasteiger partial charge in [0.2, 0.25) is 0 Å². The lowest BCUT2D eigenvalue weighted by Crippen LogP contribution is -2.20. The summed E-state index contributed by atoms with van der Waals surface area (Å²) >= 11 is 0. The third kappa shape index (κ3) is 35.9. The molecule has 1 atom stereocenters. The van der Waals surface area contributed by atoms with E-state index >= 15 is 0 Å². The summed E-state index contributed by atoms with van der Waals surface area (Å²) in [6.07, 6.45) is 6.05. The van der Waals surface area contributed by atoms with Crippen molar-refractivity contribution in [3.05, 3.63) is 29.8 Å². The van der Waals surface area contributed by atoms with Crippen molar-refractivity contribution in [3.8, 4) is 0 Å². The molecule has 1 rings (SSSR count). The van der Waals surface area contributed by atoms with Crippen LogP contribution in [-0.2, 0) is 66.4 Å². The predicted octanol–water partition coefficient (Wildman–Crippen LogP) is 5.00. The fourth-order valence-electron chi connectivity index (χ4n) is 4.97. The summed E-state index contributed by atoms with van der Waals surface area (Å²) in [4.78, 5) is 24.2. The lowest BCUT2D eigenvalue weighted by Gasteiger charge is -2.13. The summed E-state index contributed by atoms with van der Waals surface area (Å²) in [6.45, 7) is 17.7. The van der Waals surface area contributed by atoms with Crippen LogP contribution in [0.1, 0.15) is 69.7 Å². The van der Waals surface area contributed by atoms with Gasteiger partial charge in [-0.1, -0.05) is 40.0 Å². The standard InChI is InChI=1S/C43H77NO15/c1-4-7-9-39(6-3)42(45)58-37-35-56-33-31-54-29-27-52-25-23-50-21-19-48-17-15-47-16-18-49-20-22-51-24-26-53-28-30-55-32-34-57-36-38-59-43(46)40-10-12-41(13-11-40)44-14-8-5-2/h10-13,39,44H,4-9,14-38H2,1-3H3. The second-order valence-corrected chi connectivity index (χ2v) is 13.1. The maximum Gasteiger partial charge on any atom is 0.338 e. The number of unbranched alkanes of at least 4 members (excludes halogenated alkanes) is 2. The molecule has 16 heteroatoms. The van der Waals surface area contributed by atoms with E-state index in [4.69, 9.17) is 61.6 Å². The van der Waals surface area contributed by atoms with Gasteiger partial charge < -0.3 is 66.9 Å². The first-order valence-electron chi connectivity index (χ1n) is 21.6. The van der Waals surface area contributed by atoms with Crippen molar-refractivity contribution in [2.24, 2.45) is 5.92 Å². The van der Waals surface area contributed by atoms with Crippen LogP contribution in [-0.4, -0.2) is 177 Å². The van der Waals surface area contributed by atoms with E-state index in [2.05, 4.69) is 19.2 Å². The van der Waals surface area contributed by atoms with E-state index in [0.29, 0.717) is 151 Å². The van der Waals surface area contributed by atoms with Gasteiger partial charge in [0.15, 0.2) is 0 Å². The van der Waals surface area contributed by atoms with E-state index in [1.165, 1.54) is 0 Å². The molecule has 0 amide bonds. The molecule has 0 bridgehead atoms. The number of hydrogen-bond acceptors (Lipinski definition) is 16. The summed E-state index contributed by atoms with van der Waals surface area (Å²) in [5.74, 6) is -0.499. The number of hydrogen-bond donors (Lipinski definition) is 1. The number of benzene rings is 1. The monoisotopic (exact) mass is 848 g/mol. The third-order valence-electron chi connectivity index (χ3n) is 8.37. The van der Waals surface area contributed by atoms with E-state index in [-0.39, 0.29) is 31.1 Å². The molecule has 1 N–H and O–H groups in total. The van der Waals surface area contributed by atoms with Gasteiger partial charge in [0.05, 0.1) is 157 Å². The summed E-state index contributed by atoms with van der Waals surface area (Å²) in [6, 6.07) is 7.28. The van der Waals surface area contributed by atoms with E-state index < -0.39 is 0 Å². The molecule has 0 aliphatic carbocycles. The van der Waals surface area contributed by atoms with Gasteiger partial charge in [-0.05, 0) is 43.5 Å².